The topological polar surface area (TPSA) is 31.0 Å². The van der Waals surface area contributed by atoms with Crippen molar-refractivity contribution in [1.82, 2.24) is 0 Å². The van der Waals surface area contributed by atoms with Gasteiger partial charge in [-0.15, -0.1) is 26.3 Å². The van der Waals surface area contributed by atoms with Crippen molar-refractivity contribution < 1.29 is 40.6 Å². The van der Waals surface area contributed by atoms with Crippen LogP contribution in [0, 0.1) is 0 Å². The summed E-state index contributed by atoms with van der Waals surface area (Å²) in [6.07, 6.45) is -10.9. The van der Waals surface area contributed by atoms with Gasteiger partial charge in [-0.25, -0.2) is 0 Å². The third-order valence-electron chi connectivity index (χ3n) is 4.74. The lowest BCUT2D eigenvalue weighted by Gasteiger charge is -2.22. The van der Waals surface area contributed by atoms with Crippen molar-refractivity contribution >= 4 is 0 Å². The highest BCUT2D eigenvalue weighted by Gasteiger charge is 2.63. The van der Waals surface area contributed by atoms with Gasteiger partial charge < -0.3 is 14.2 Å². The summed E-state index contributed by atoms with van der Waals surface area (Å²) in [5.41, 5.74) is -1.24. The molecule has 0 saturated carbocycles. The molecule has 1 unspecified atom stereocenters. The predicted molar refractivity (Wildman–Crippen MR) is 97.3 cm³/mol. The highest BCUT2D eigenvalue weighted by atomic mass is 19.4. The molecule has 1 atom stereocenters. The van der Waals surface area contributed by atoms with Crippen molar-refractivity contribution in [2.45, 2.75) is 24.4 Å². The Labute approximate surface area is 172 Å². The van der Waals surface area contributed by atoms with Crippen LogP contribution in [0.4, 0.5) is 26.3 Å². The summed E-state index contributed by atoms with van der Waals surface area (Å²) in [6, 6.07) is 18.9. The molecule has 1 saturated heterocycles. The number of ether oxygens (including phenoxy) is 3. The molecular weight excluding hydrogens is 426 g/mol. The van der Waals surface area contributed by atoms with Crippen molar-refractivity contribution in [2.24, 2.45) is 0 Å². The van der Waals surface area contributed by atoms with Gasteiger partial charge in [0.1, 0.15) is 17.6 Å². The lowest BCUT2D eigenvalue weighted by molar-refractivity contribution is -0.275. The molecule has 0 aliphatic carbocycles. The molecule has 1 aliphatic rings. The molecule has 3 nitrogen and oxygen atoms in total. The average molecular weight is 440 g/mol. The third-order valence-corrected chi connectivity index (χ3v) is 4.74. The quantitative estimate of drug-likeness (QED) is 0.335. The van der Waals surface area contributed by atoms with E-state index in [9.17, 15) is 26.3 Å². The van der Waals surface area contributed by atoms with Gasteiger partial charge in [-0.05, 0) is 17.7 Å². The SMILES string of the molecule is FC(F)(F)Oc1ccccc1C1(c2ccccc2OC(F)(F)F)OC1c1ccccc1. The highest BCUT2D eigenvalue weighted by Crippen LogP contribution is 2.64. The van der Waals surface area contributed by atoms with Gasteiger partial charge in [-0.3, -0.25) is 0 Å². The van der Waals surface area contributed by atoms with E-state index in [4.69, 9.17) is 4.74 Å². The molecule has 1 aliphatic heterocycles. The molecule has 3 aromatic rings. The first kappa shape index (κ1) is 21.0. The normalized spacial score (nSPS) is 17.8. The van der Waals surface area contributed by atoms with Gasteiger partial charge in [0.15, 0.2) is 5.60 Å². The number of benzene rings is 3. The fourth-order valence-electron chi connectivity index (χ4n) is 3.61. The van der Waals surface area contributed by atoms with Crippen LogP contribution < -0.4 is 9.47 Å². The zero-order chi connectivity index (χ0) is 22.3. The second-order valence-corrected chi connectivity index (χ2v) is 6.73. The van der Waals surface area contributed by atoms with Crippen LogP contribution in [0.15, 0.2) is 78.9 Å². The number of halogens is 6. The molecule has 3 aromatic carbocycles. The zero-order valence-corrected chi connectivity index (χ0v) is 15.6. The van der Waals surface area contributed by atoms with Crippen molar-refractivity contribution in [3.63, 3.8) is 0 Å². The van der Waals surface area contributed by atoms with Crippen LogP contribution >= 0.6 is 0 Å². The summed E-state index contributed by atoms with van der Waals surface area (Å²) in [4.78, 5) is 0. The molecule has 31 heavy (non-hydrogen) atoms. The number of hydrogen-bond acceptors (Lipinski definition) is 3. The highest BCUT2D eigenvalue weighted by molar-refractivity contribution is 5.56. The van der Waals surface area contributed by atoms with Crippen LogP contribution in [0.25, 0.3) is 0 Å². The first-order chi connectivity index (χ1) is 14.6. The maximum absolute atomic E-state index is 13.0. The number of rotatable bonds is 5. The lowest BCUT2D eigenvalue weighted by Crippen LogP contribution is -2.23. The van der Waals surface area contributed by atoms with E-state index in [1.54, 1.807) is 30.3 Å². The summed E-state index contributed by atoms with van der Waals surface area (Å²) < 4.78 is 92.3. The molecule has 0 spiro atoms. The molecule has 162 valence electrons. The minimum Gasteiger partial charge on any atom is -0.405 e. The number of para-hydroxylation sites is 2. The standard InChI is InChI=1S/C22H14F6O3/c23-21(24,25)29-17-12-6-4-10-15(17)20(19(31-20)14-8-2-1-3-9-14)16-11-5-7-13-18(16)30-22(26,27)28/h1-13,19H. The van der Waals surface area contributed by atoms with Gasteiger partial charge in [0.05, 0.1) is 0 Å². The van der Waals surface area contributed by atoms with Crippen LogP contribution in [-0.4, -0.2) is 12.7 Å². The van der Waals surface area contributed by atoms with Crippen LogP contribution in [0.2, 0.25) is 0 Å². The molecule has 1 fully saturated rings. The fraction of sp³-hybridized carbons (Fsp3) is 0.182. The monoisotopic (exact) mass is 440 g/mol. The Morgan fingerprint density at radius 2 is 1.03 bits per heavy atom. The largest absolute Gasteiger partial charge is 0.573 e. The van der Waals surface area contributed by atoms with E-state index in [0.29, 0.717) is 5.56 Å². The van der Waals surface area contributed by atoms with E-state index in [0.717, 1.165) is 12.1 Å². The van der Waals surface area contributed by atoms with Crippen LogP contribution in [0.1, 0.15) is 22.8 Å². The summed E-state index contributed by atoms with van der Waals surface area (Å²) >= 11 is 0. The van der Waals surface area contributed by atoms with Gasteiger partial charge in [-0.1, -0.05) is 66.7 Å². The van der Waals surface area contributed by atoms with E-state index in [-0.39, 0.29) is 11.1 Å². The van der Waals surface area contributed by atoms with E-state index in [1.165, 1.54) is 36.4 Å². The lowest BCUT2D eigenvalue weighted by atomic mass is 9.84. The maximum Gasteiger partial charge on any atom is 0.573 e. The van der Waals surface area contributed by atoms with Crippen molar-refractivity contribution in [1.29, 1.82) is 0 Å². The Hall–Kier alpha value is -3.20. The van der Waals surface area contributed by atoms with Crippen molar-refractivity contribution in [2.75, 3.05) is 0 Å². The summed E-state index contributed by atoms with van der Waals surface area (Å²) in [5.74, 6) is -1.15. The van der Waals surface area contributed by atoms with E-state index in [2.05, 4.69) is 9.47 Å². The van der Waals surface area contributed by atoms with Gasteiger partial charge in [0, 0.05) is 11.1 Å². The number of hydrogen-bond donors (Lipinski definition) is 0. The van der Waals surface area contributed by atoms with E-state index >= 15 is 0 Å². The maximum atomic E-state index is 13.0. The predicted octanol–water partition coefficient (Wildman–Crippen LogP) is 6.50. The van der Waals surface area contributed by atoms with Crippen molar-refractivity contribution in [3.05, 3.63) is 95.6 Å². The summed E-state index contributed by atoms with van der Waals surface area (Å²) in [6.45, 7) is 0. The zero-order valence-electron chi connectivity index (χ0n) is 15.6. The van der Waals surface area contributed by atoms with Gasteiger partial charge in [0.2, 0.25) is 0 Å². The van der Waals surface area contributed by atoms with Crippen LogP contribution in [0.3, 0.4) is 0 Å². The Morgan fingerprint density at radius 3 is 1.48 bits per heavy atom. The summed E-state index contributed by atoms with van der Waals surface area (Å²) in [7, 11) is 0. The average Bonchev–Trinajstić information content (AvgIpc) is 3.43. The minimum absolute atomic E-state index is 0.0700. The third kappa shape index (κ3) is 4.32. The first-order valence-electron chi connectivity index (χ1n) is 9.03. The molecule has 9 heteroatoms. The molecular formula is C22H14F6O3. The molecule has 0 aromatic heterocycles. The van der Waals surface area contributed by atoms with Gasteiger partial charge in [0.25, 0.3) is 0 Å². The fourth-order valence-corrected chi connectivity index (χ4v) is 3.61. The Bertz CT molecular complexity index is 1000. The van der Waals surface area contributed by atoms with Gasteiger partial charge >= 0.3 is 12.7 Å². The van der Waals surface area contributed by atoms with Crippen molar-refractivity contribution in [3.8, 4) is 11.5 Å². The molecule has 4 rings (SSSR count). The molecule has 0 radical (unpaired) electrons. The van der Waals surface area contributed by atoms with E-state index in [1.807, 2.05) is 0 Å². The van der Waals surface area contributed by atoms with E-state index < -0.39 is 35.9 Å². The molecule has 0 bridgehead atoms. The Morgan fingerprint density at radius 1 is 0.613 bits per heavy atom. The number of epoxide rings is 1. The minimum atomic E-state index is -5.00. The second kappa shape index (κ2) is 7.49. The first-order valence-corrected chi connectivity index (χ1v) is 9.03. The second-order valence-electron chi connectivity index (χ2n) is 6.73. The van der Waals surface area contributed by atoms with Crippen LogP contribution in [-0.2, 0) is 10.3 Å². The summed E-state index contributed by atoms with van der Waals surface area (Å²) in [5, 5.41) is 0. The molecule has 1 heterocycles. The molecule has 0 amide bonds. The smallest absolute Gasteiger partial charge is 0.405 e. The van der Waals surface area contributed by atoms with Crippen LogP contribution in [0.5, 0.6) is 11.5 Å². The van der Waals surface area contributed by atoms with Gasteiger partial charge in [-0.2, -0.15) is 0 Å². The number of alkyl halides is 6. The Balaban J connectivity index is 1.90. The molecule has 0 N–H and O–H groups in total. The Kier molecular flexibility index (Phi) is 5.09.